The van der Waals surface area contributed by atoms with Crippen LogP contribution in [-0.4, -0.2) is 112 Å². The van der Waals surface area contributed by atoms with E-state index in [1.165, 1.54) is 7.11 Å². The van der Waals surface area contributed by atoms with Crippen LogP contribution in [0, 0.1) is 0 Å². The van der Waals surface area contributed by atoms with Gasteiger partial charge in [-0.1, -0.05) is 0 Å². The van der Waals surface area contributed by atoms with Gasteiger partial charge in [0.15, 0.2) is 6.29 Å². The van der Waals surface area contributed by atoms with Gasteiger partial charge in [-0.3, -0.25) is 0 Å². The minimum absolute atomic E-state index is 0.118. The van der Waals surface area contributed by atoms with E-state index in [1.807, 2.05) is 0 Å². The topological polar surface area (TPSA) is 158 Å². The molecule has 0 radical (unpaired) electrons. The highest BCUT2D eigenvalue weighted by atomic mass is 19.1. The zero-order valence-corrected chi connectivity index (χ0v) is 12.9. The van der Waals surface area contributed by atoms with Crippen LogP contribution >= 0.6 is 0 Å². The largest absolute Gasteiger partial charge is 0.394 e. The fraction of sp³-hybridized carbons (Fsp3) is 1.00. The molecule has 2 aliphatic heterocycles. The van der Waals surface area contributed by atoms with Gasteiger partial charge >= 0.3 is 0 Å². The average molecular weight is 358 g/mol. The lowest BCUT2D eigenvalue weighted by atomic mass is 9.97. The van der Waals surface area contributed by atoms with Crippen molar-refractivity contribution in [3.63, 3.8) is 0 Å². The molecule has 2 rings (SSSR count). The van der Waals surface area contributed by atoms with Crippen molar-refractivity contribution in [2.24, 2.45) is 0 Å². The number of rotatable bonds is 5. The smallest absolute Gasteiger partial charge is 0.228 e. The molecule has 0 spiro atoms. The first-order valence-electron chi connectivity index (χ1n) is 7.42. The lowest BCUT2D eigenvalue weighted by Crippen LogP contribution is -2.64. The predicted octanol–water partition coefficient (Wildman–Crippen LogP) is -3.77. The van der Waals surface area contributed by atoms with Crippen LogP contribution in [0.25, 0.3) is 0 Å². The van der Waals surface area contributed by atoms with Crippen LogP contribution in [0.1, 0.15) is 0 Å². The van der Waals surface area contributed by atoms with Gasteiger partial charge in [-0.15, -0.1) is 0 Å². The normalized spacial score (nSPS) is 50.0. The summed E-state index contributed by atoms with van der Waals surface area (Å²) in [4.78, 5) is 0. The van der Waals surface area contributed by atoms with Gasteiger partial charge in [0, 0.05) is 7.11 Å². The van der Waals surface area contributed by atoms with Crippen LogP contribution in [0.2, 0.25) is 0 Å². The van der Waals surface area contributed by atoms with E-state index in [1.54, 1.807) is 0 Å². The van der Waals surface area contributed by atoms with E-state index in [2.05, 4.69) is 0 Å². The van der Waals surface area contributed by atoms with Crippen molar-refractivity contribution in [1.82, 2.24) is 0 Å². The molecule has 2 saturated heterocycles. The lowest BCUT2D eigenvalue weighted by Gasteiger charge is -2.45. The number of aliphatic hydroxyl groups excluding tert-OH is 6. The Morgan fingerprint density at radius 3 is 2.12 bits per heavy atom. The Labute approximate surface area is 136 Å². The number of ether oxygens (including phenoxy) is 4. The maximum absolute atomic E-state index is 13.4. The molecule has 10 atom stereocenters. The fourth-order valence-electron chi connectivity index (χ4n) is 2.70. The Morgan fingerprint density at radius 1 is 0.875 bits per heavy atom. The van der Waals surface area contributed by atoms with Gasteiger partial charge in [0.05, 0.1) is 13.2 Å². The standard InChI is InChI=1S/C13H23FO10/c1-21-3-5-6(16)7(17)10(20)13(23-5)24-11-4(2-15)22-12(14)9(19)8(11)18/h4-13,15-20H,2-3H2,1H3/t4?,5?,6-,7-,8+,9?,10?,11-,12+,13-/m0/s1. The average Bonchev–Trinajstić information content (AvgIpc) is 2.57. The van der Waals surface area contributed by atoms with Crippen molar-refractivity contribution in [3.05, 3.63) is 0 Å². The minimum Gasteiger partial charge on any atom is -0.394 e. The molecule has 10 nitrogen and oxygen atoms in total. The third-order valence-electron chi connectivity index (χ3n) is 4.10. The number of methoxy groups -OCH3 is 1. The third kappa shape index (κ3) is 3.85. The molecule has 0 bridgehead atoms. The highest BCUT2D eigenvalue weighted by molar-refractivity contribution is 4.93. The summed E-state index contributed by atoms with van der Waals surface area (Å²) in [6.45, 7) is -0.850. The summed E-state index contributed by atoms with van der Waals surface area (Å²) in [7, 11) is 1.33. The Balaban J connectivity index is 2.11. The molecule has 0 aromatic heterocycles. The van der Waals surface area contributed by atoms with Crippen LogP contribution in [0.15, 0.2) is 0 Å². The van der Waals surface area contributed by atoms with Crippen LogP contribution in [0.3, 0.4) is 0 Å². The van der Waals surface area contributed by atoms with Crippen LogP contribution in [0.5, 0.6) is 0 Å². The van der Waals surface area contributed by atoms with Crippen molar-refractivity contribution >= 4 is 0 Å². The molecule has 2 fully saturated rings. The minimum atomic E-state index is -2.22. The zero-order chi connectivity index (χ0) is 18.0. The van der Waals surface area contributed by atoms with Crippen molar-refractivity contribution in [2.75, 3.05) is 20.3 Å². The van der Waals surface area contributed by atoms with E-state index in [0.717, 1.165) is 0 Å². The molecule has 2 heterocycles. The first-order valence-corrected chi connectivity index (χ1v) is 7.42. The molecular weight excluding hydrogens is 335 g/mol. The molecule has 6 N–H and O–H groups in total. The molecule has 0 aromatic carbocycles. The maximum atomic E-state index is 13.4. The van der Waals surface area contributed by atoms with E-state index < -0.39 is 68.1 Å². The second-order valence-electron chi connectivity index (χ2n) is 5.76. The van der Waals surface area contributed by atoms with Gasteiger partial charge in [-0.2, -0.15) is 0 Å². The Bertz CT molecular complexity index is 399. The summed E-state index contributed by atoms with van der Waals surface area (Å²) in [6.07, 6.45) is -16.0. The van der Waals surface area contributed by atoms with Crippen LogP contribution < -0.4 is 0 Å². The monoisotopic (exact) mass is 358 g/mol. The molecule has 0 saturated carbocycles. The fourth-order valence-corrected chi connectivity index (χ4v) is 2.70. The Hall–Kier alpha value is -0.470. The van der Waals surface area contributed by atoms with Crippen LogP contribution in [-0.2, 0) is 18.9 Å². The summed E-state index contributed by atoms with van der Waals surface area (Å²) in [6, 6.07) is 0. The lowest BCUT2D eigenvalue weighted by molar-refractivity contribution is -0.349. The number of halogens is 1. The number of hydrogen-bond donors (Lipinski definition) is 6. The highest BCUT2D eigenvalue weighted by Crippen LogP contribution is 2.29. The van der Waals surface area contributed by atoms with Crippen molar-refractivity contribution in [1.29, 1.82) is 0 Å². The first-order chi connectivity index (χ1) is 11.3. The predicted molar refractivity (Wildman–Crippen MR) is 72.3 cm³/mol. The molecule has 11 heteroatoms. The zero-order valence-electron chi connectivity index (χ0n) is 12.9. The van der Waals surface area contributed by atoms with E-state index in [0.29, 0.717) is 0 Å². The second kappa shape index (κ2) is 8.27. The van der Waals surface area contributed by atoms with Crippen molar-refractivity contribution in [3.8, 4) is 0 Å². The van der Waals surface area contributed by atoms with E-state index in [-0.39, 0.29) is 6.61 Å². The van der Waals surface area contributed by atoms with Crippen molar-refractivity contribution in [2.45, 2.75) is 61.5 Å². The van der Waals surface area contributed by atoms with Crippen molar-refractivity contribution < 1.29 is 54.0 Å². The van der Waals surface area contributed by atoms with Gasteiger partial charge in [-0.25, -0.2) is 4.39 Å². The SMILES string of the molecule is COCC1O[C@@H](O[C@H]2C(CO)O[C@@H](F)C(O)[C@H]2O)C(O)[C@@H](O)[C@H]1O. The molecule has 2 aliphatic rings. The molecule has 24 heavy (non-hydrogen) atoms. The summed E-state index contributed by atoms with van der Waals surface area (Å²) < 4.78 is 33.5. The number of alkyl halides is 1. The molecule has 0 aliphatic carbocycles. The summed E-state index contributed by atoms with van der Waals surface area (Å²) in [5.74, 6) is 0. The van der Waals surface area contributed by atoms with Gasteiger partial charge in [0.25, 0.3) is 0 Å². The third-order valence-corrected chi connectivity index (χ3v) is 4.10. The summed E-state index contributed by atoms with van der Waals surface area (Å²) in [5.41, 5.74) is 0. The van der Waals surface area contributed by atoms with E-state index in [9.17, 15) is 35.0 Å². The number of aliphatic hydroxyl groups is 6. The second-order valence-corrected chi connectivity index (χ2v) is 5.76. The number of hydrogen-bond acceptors (Lipinski definition) is 10. The van der Waals surface area contributed by atoms with Gasteiger partial charge < -0.3 is 49.6 Å². The summed E-state index contributed by atoms with van der Waals surface area (Å²) in [5, 5.41) is 58.3. The van der Waals surface area contributed by atoms with Gasteiger partial charge in [0.2, 0.25) is 6.36 Å². The Morgan fingerprint density at radius 2 is 1.54 bits per heavy atom. The molecular formula is C13H23FO10. The summed E-state index contributed by atoms with van der Waals surface area (Å²) >= 11 is 0. The van der Waals surface area contributed by atoms with E-state index >= 15 is 0 Å². The molecule has 0 aromatic rings. The quantitative estimate of drug-likeness (QED) is 0.288. The molecule has 4 unspecified atom stereocenters. The maximum Gasteiger partial charge on any atom is 0.228 e. The van der Waals surface area contributed by atoms with Gasteiger partial charge in [0.1, 0.15) is 48.8 Å². The first kappa shape index (κ1) is 19.8. The van der Waals surface area contributed by atoms with Crippen LogP contribution in [0.4, 0.5) is 4.39 Å². The molecule has 0 amide bonds. The van der Waals surface area contributed by atoms with Gasteiger partial charge in [-0.05, 0) is 0 Å². The van der Waals surface area contributed by atoms with E-state index in [4.69, 9.17) is 18.9 Å². The molecule has 142 valence electrons. The Kier molecular flexibility index (Phi) is 6.84. The highest BCUT2D eigenvalue weighted by Gasteiger charge is 2.50.